The molecule has 0 saturated heterocycles. The predicted molar refractivity (Wildman–Crippen MR) is 75.2 cm³/mol. The normalized spacial score (nSPS) is 9.95. The fourth-order valence-corrected chi connectivity index (χ4v) is 1.62. The molecule has 0 fully saturated rings. The third-order valence-corrected chi connectivity index (χ3v) is 2.63. The Hall–Kier alpha value is -2.66. The van der Waals surface area contributed by atoms with Gasteiger partial charge in [0.25, 0.3) is 0 Å². The minimum Gasteiger partial charge on any atom is -0.460 e. The van der Waals surface area contributed by atoms with E-state index in [9.17, 15) is 9.59 Å². The molecule has 0 bridgehead atoms. The minimum absolute atomic E-state index is 0.0589. The monoisotopic (exact) mass is 286 g/mol. The number of ether oxygens (including phenoxy) is 2. The highest BCUT2D eigenvalue weighted by molar-refractivity contribution is 5.94. The Labute approximate surface area is 121 Å². The van der Waals surface area contributed by atoms with E-state index in [-0.39, 0.29) is 13.2 Å². The summed E-state index contributed by atoms with van der Waals surface area (Å²) >= 11 is 0. The molecule has 0 atom stereocenters. The van der Waals surface area contributed by atoms with Crippen LogP contribution in [0.2, 0.25) is 0 Å². The summed E-state index contributed by atoms with van der Waals surface area (Å²) in [5.41, 5.74) is 0.636. The van der Waals surface area contributed by atoms with Crippen molar-refractivity contribution in [2.45, 2.75) is 0 Å². The molecule has 108 valence electrons. The van der Waals surface area contributed by atoms with E-state index in [4.69, 9.17) is 14.6 Å². The highest BCUT2D eigenvalue weighted by Crippen LogP contribution is 2.13. The van der Waals surface area contributed by atoms with Crippen molar-refractivity contribution in [1.82, 2.24) is 0 Å². The zero-order chi connectivity index (χ0) is 15.1. The van der Waals surface area contributed by atoms with Crippen LogP contribution in [0.3, 0.4) is 0 Å². The van der Waals surface area contributed by atoms with E-state index in [0.717, 1.165) is 0 Å². The molecule has 1 N–H and O–H groups in total. The van der Waals surface area contributed by atoms with Crippen molar-refractivity contribution in [1.29, 1.82) is 0 Å². The molecule has 2 rings (SSSR count). The predicted octanol–water partition coefficient (Wildman–Crippen LogP) is 2.05. The van der Waals surface area contributed by atoms with Crippen LogP contribution in [0.1, 0.15) is 20.7 Å². The number of rotatable bonds is 5. The summed E-state index contributed by atoms with van der Waals surface area (Å²) in [4.78, 5) is 23.4. The summed E-state index contributed by atoms with van der Waals surface area (Å²) in [6.07, 6.45) is 0. The fourth-order valence-electron chi connectivity index (χ4n) is 1.62. The number of hydrogen-bond donors (Lipinski definition) is 1. The first kappa shape index (κ1) is 14.7. The van der Waals surface area contributed by atoms with Gasteiger partial charge in [-0.2, -0.15) is 0 Å². The molecule has 0 amide bonds. The number of benzene rings is 2. The van der Waals surface area contributed by atoms with Crippen LogP contribution < -0.4 is 4.74 Å². The molecule has 0 unspecified atom stereocenters. The topological polar surface area (TPSA) is 72.8 Å². The van der Waals surface area contributed by atoms with Crippen LogP contribution in [0, 0.1) is 0 Å². The first-order valence-electron chi connectivity index (χ1n) is 6.36. The lowest BCUT2D eigenvalue weighted by molar-refractivity contribution is 0.0433. The molecular weight excluding hydrogens is 272 g/mol. The first-order chi connectivity index (χ1) is 10.2. The number of esters is 2. The third-order valence-electron chi connectivity index (χ3n) is 2.63. The van der Waals surface area contributed by atoms with E-state index in [1.54, 1.807) is 24.3 Å². The molecular formula is C16H14O5. The molecule has 0 aromatic heterocycles. The van der Waals surface area contributed by atoms with Gasteiger partial charge < -0.3 is 14.6 Å². The average molecular weight is 286 g/mol. The smallest absolute Gasteiger partial charge is 0.343 e. The molecule has 0 saturated carbocycles. The molecule has 21 heavy (non-hydrogen) atoms. The van der Waals surface area contributed by atoms with Crippen molar-refractivity contribution in [3.05, 3.63) is 65.7 Å². The molecule has 2 aromatic carbocycles. The largest absolute Gasteiger partial charge is 0.460 e. The van der Waals surface area contributed by atoms with Gasteiger partial charge in [0, 0.05) is 0 Å². The first-order valence-corrected chi connectivity index (χ1v) is 6.36. The maximum Gasteiger partial charge on any atom is 0.343 e. The van der Waals surface area contributed by atoms with Gasteiger partial charge in [-0.3, -0.25) is 0 Å². The molecule has 5 nitrogen and oxygen atoms in total. The lowest BCUT2D eigenvalue weighted by atomic mass is 10.1. The standard InChI is InChI=1S/C16H14O5/c17-10-11-20-15(18)12-6-8-13(9-7-12)16(19)21-14-4-2-1-3-5-14/h1-9,17H,10-11H2. The van der Waals surface area contributed by atoms with Crippen molar-refractivity contribution in [2.75, 3.05) is 13.2 Å². The third kappa shape index (κ3) is 4.15. The summed E-state index contributed by atoms with van der Waals surface area (Å²) in [5.74, 6) is -0.600. The minimum atomic E-state index is -0.549. The van der Waals surface area contributed by atoms with Gasteiger partial charge in [-0.05, 0) is 36.4 Å². The zero-order valence-corrected chi connectivity index (χ0v) is 11.2. The van der Waals surface area contributed by atoms with Gasteiger partial charge in [0.2, 0.25) is 0 Å². The maximum atomic E-state index is 11.9. The molecule has 0 heterocycles. The second kappa shape index (κ2) is 7.21. The second-order valence-electron chi connectivity index (χ2n) is 4.14. The SMILES string of the molecule is O=C(OCCO)c1ccc(C(=O)Oc2ccccc2)cc1. The van der Waals surface area contributed by atoms with Gasteiger partial charge in [0.15, 0.2) is 0 Å². The van der Waals surface area contributed by atoms with E-state index in [2.05, 4.69) is 0 Å². The Morgan fingerprint density at radius 2 is 1.43 bits per heavy atom. The van der Waals surface area contributed by atoms with E-state index >= 15 is 0 Å². The molecule has 0 spiro atoms. The van der Waals surface area contributed by atoms with Gasteiger partial charge in [-0.25, -0.2) is 9.59 Å². The van der Waals surface area contributed by atoms with Crippen molar-refractivity contribution in [2.24, 2.45) is 0 Å². The highest BCUT2D eigenvalue weighted by atomic mass is 16.5. The molecule has 0 aliphatic heterocycles. The molecule has 0 radical (unpaired) electrons. The van der Waals surface area contributed by atoms with Gasteiger partial charge in [-0.1, -0.05) is 18.2 Å². The van der Waals surface area contributed by atoms with E-state index < -0.39 is 11.9 Å². The summed E-state index contributed by atoms with van der Waals surface area (Å²) in [5, 5.41) is 8.58. The van der Waals surface area contributed by atoms with Crippen LogP contribution in [-0.2, 0) is 4.74 Å². The number of carbonyl (C=O) groups is 2. The highest BCUT2D eigenvalue weighted by Gasteiger charge is 2.11. The summed E-state index contributed by atoms with van der Waals surface area (Å²) in [6.45, 7) is -0.288. The Balaban J connectivity index is 2.01. The number of aliphatic hydroxyl groups excluding tert-OH is 1. The van der Waals surface area contributed by atoms with E-state index in [1.165, 1.54) is 24.3 Å². The summed E-state index contributed by atoms with van der Waals surface area (Å²) in [6, 6.07) is 14.6. The molecule has 5 heteroatoms. The van der Waals surface area contributed by atoms with Crippen LogP contribution in [0.4, 0.5) is 0 Å². The Kier molecular flexibility index (Phi) is 5.06. The quantitative estimate of drug-likeness (QED) is 0.672. The Morgan fingerprint density at radius 3 is 2.00 bits per heavy atom. The van der Waals surface area contributed by atoms with Gasteiger partial charge in [-0.15, -0.1) is 0 Å². The Bertz CT molecular complexity index is 604. The zero-order valence-electron chi connectivity index (χ0n) is 11.2. The molecule has 2 aromatic rings. The number of hydrogen-bond acceptors (Lipinski definition) is 5. The van der Waals surface area contributed by atoms with Gasteiger partial charge in [0.05, 0.1) is 17.7 Å². The van der Waals surface area contributed by atoms with Crippen molar-refractivity contribution in [3.63, 3.8) is 0 Å². The van der Waals surface area contributed by atoms with Crippen molar-refractivity contribution in [3.8, 4) is 5.75 Å². The summed E-state index contributed by atoms with van der Waals surface area (Å²) in [7, 11) is 0. The van der Waals surface area contributed by atoms with Crippen LogP contribution in [0.5, 0.6) is 5.75 Å². The molecule has 0 aliphatic rings. The lowest BCUT2D eigenvalue weighted by Gasteiger charge is -2.05. The van der Waals surface area contributed by atoms with Crippen molar-refractivity contribution >= 4 is 11.9 Å². The van der Waals surface area contributed by atoms with Crippen molar-refractivity contribution < 1.29 is 24.2 Å². The Morgan fingerprint density at radius 1 is 0.857 bits per heavy atom. The number of carbonyl (C=O) groups excluding carboxylic acids is 2. The van der Waals surface area contributed by atoms with E-state index in [1.807, 2.05) is 6.07 Å². The van der Waals surface area contributed by atoms with E-state index in [0.29, 0.717) is 16.9 Å². The van der Waals surface area contributed by atoms with Gasteiger partial charge in [0.1, 0.15) is 12.4 Å². The maximum absolute atomic E-state index is 11.9. The van der Waals surface area contributed by atoms with Crippen LogP contribution >= 0.6 is 0 Å². The number of aliphatic hydroxyl groups is 1. The summed E-state index contributed by atoms with van der Waals surface area (Å²) < 4.78 is 9.95. The lowest BCUT2D eigenvalue weighted by Crippen LogP contribution is -2.11. The fraction of sp³-hybridized carbons (Fsp3) is 0.125. The van der Waals surface area contributed by atoms with Crippen LogP contribution in [0.15, 0.2) is 54.6 Å². The average Bonchev–Trinajstić information content (AvgIpc) is 2.53. The van der Waals surface area contributed by atoms with Crippen LogP contribution in [0.25, 0.3) is 0 Å². The second-order valence-corrected chi connectivity index (χ2v) is 4.14. The number of para-hydroxylation sites is 1. The van der Waals surface area contributed by atoms with Crippen LogP contribution in [-0.4, -0.2) is 30.3 Å². The van der Waals surface area contributed by atoms with Gasteiger partial charge >= 0.3 is 11.9 Å². The molecule has 0 aliphatic carbocycles.